The van der Waals surface area contributed by atoms with E-state index in [0.717, 1.165) is 29.8 Å². The number of amides is 1. The Labute approximate surface area is 187 Å². The van der Waals surface area contributed by atoms with Crippen LogP contribution in [0.4, 0.5) is 4.39 Å². The van der Waals surface area contributed by atoms with Crippen molar-refractivity contribution in [1.29, 1.82) is 0 Å². The van der Waals surface area contributed by atoms with Gasteiger partial charge in [-0.3, -0.25) is 4.79 Å². The van der Waals surface area contributed by atoms with Gasteiger partial charge in [-0.15, -0.1) is 0 Å². The van der Waals surface area contributed by atoms with Crippen LogP contribution in [0.25, 0.3) is 6.08 Å². The van der Waals surface area contributed by atoms with Crippen LogP contribution in [0, 0.1) is 5.82 Å². The van der Waals surface area contributed by atoms with Gasteiger partial charge in [0.15, 0.2) is 0 Å². The Morgan fingerprint density at radius 3 is 2.34 bits per heavy atom. The van der Waals surface area contributed by atoms with Crippen molar-refractivity contribution in [3.8, 4) is 5.75 Å². The number of carbonyl (C=O) groups is 1. The maximum Gasteiger partial charge on any atom is 0.339 e. The third-order valence-corrected chi connectivity index (χ3v) is 5.95. The largest absolute Gasteiger partial charge is 0.379 e. The molecule has 3 aromatic carbocycles. The SMILES string of the molecule is CC(C)N(Cc1cccc(OS(=O)(=O)c2ccc(F)cc2)c1)C(=O)C=Cc1ccccc1. The number of nitrogens with zero attached hydrogens (tertiary/aromatic N) is 1. The molecule has 5 nitrogen and oxygen atoms in total. The molecule has 0 unspecified atom stereocenters. The quantitative estimate of drug-likeness (QED) is 0.354. The topological polar surface area (TPSA) is 63.7 Å². The summed E-state index contributed by atoms with van der Waals surface area (Å²) in [6.07, 6.45) is 3.28. The van der Waals surface area contributed by atoms with E-state index in [9.17, 15) is 17.6 Å². The lowest BCUT2D eigenvalue weighted by Gasteiger charge is -2.26. The van der Waals surface area contributed by atoms with Gasteiger partial charge in [-0.05, 0) is 67.4 Å². The predicted octanol–water partition coefficient (Wildman–Crippen LogP) is 5.04. The average Bonchev–Trinajstić information content (AvgIpc) is 2.76. The van der Waals surface area contributed by atoms with Crippen LogP contribution in [-0.4, -0.2) is 25.3 Å². The smallest absolute Gasteiger partial charge is 0.339 e. The van der Waals surface area contributed by atoms with E-state index in [0.29, 0.717) is 5.56 Å². The second-order valence-electron chi connectivity index (χ2n) is 7.44. The minimum atomic E-state index is -4.11. The lowest BCUT2D eigenvalue weighted by atomic mass is 10.1. The van der Waals surface area contributed by atoms with E-state index in [1.807, 2.05) is 44.2 Å². The van der Waals surface area contributed by atoms with E-state index in [-0.39, 0.29) is 29.1 Å². The Balaban J connectivity index is 1.74. The molecule has 32 heavy (non-hydrogen) atoms. The van der Waals surface area contributed by atoms with Gasteiger partial charge in [0.25, 0.3) is 0 Å². The Hall–Kier alpha value is -3.45. The summed E-state index contributed by atoms with van der Waals surface area (Å²) in [5, 5.41) is 0. The molecule has 0 atom stereocenters. The van der Waals surface area contributed by atoms with Crippen LogP contribution < -0.4 is 4.18 Å². The van der Waals surface area contributed by atoms with E-state index in [4.69, 9.17) is 4.18 Å². The number of hydrogen-bond donors (Lipinski definition) is 0. The van der Waals surface area contributed by atoms with Crippen LogP contribution >= 0.6 is 0 Å². The summed E-state index contributed by atoms with van der Waals surface area (Å²) in [4.78, 5) is 14.3. The zero-order valence-corrected chi connectivity index (χ0v) is 18.6. The summed E-state index contributed by atoms with van der Waals surface area (Å²) in [7, 11) is -4.11. The molecule has 0 N–H and O–H groups in total. The third-order valence-electron chi connectivity index (χ3n) is 4.68. The van der Waals surface area contributed by atoms with Crippen molar-refractivity contribution in [2.45, 2.75) is 31.3 Å². The second kappa shape index (κ2) is 10.2. The molecule has 0 heterocycles. The number of rotatable bonds is 8. The number of hydrogen-bond acceptors (Lipinski definition) is 4. The molecule has 0 aliphatic rings. The lowest BCUT2D eigenvalue weighted by Crippen LogP contribution is -2.35. The minimum Gasteiger partial charge on any atom is -0.379 e. The molecule has 166 valence electrons. The van der Waals surface area contributed by atoms with Crippen LogP contribution in [0.1, 0.15) is 25.0 Å². The Morgan fingerprint density at radius 1 is 1.00 bits per heavy atom. The monoisotopic (exact) mass is 453 g/mol. The highest BCUT2D eigenvalue weighted by Crippen LogP contribution is 2.21. The van der Waals surface area contributed by atoms with E-state index >= 15 is 0 Å². The Kier molecular flexibility index (Phi) is 7.43. The van der Waals surface area contributed by atoms with E-state index in [1.165, 1.54) is 12.1 Å². The summed E-state index contributed by atoms with van der Waals surface area (Å²) in [6.45, 7) is 4.10. The highest BCUT2D eigenvalue weighted by Gasteiger charge is 2.18. The number of carbonyl (C=O) groups excluding carboxylic acids is 1. The first-order chi connectivity index (χ1) is 15.2. The lowest BCUT2D eigenvalue weighted by molar-refractivity contribution is -0.128. The van der Waals surface area contributed by atoms with Crippen molar-refractivity contribution in [2.75, 3.05) is 0 Å². The van der Waals surface area contributed by atoms with Crippen molar-refractivity contribution in [1.82, 2.24) is 4.90 Å². The Bertz CT molecular complexity index is 1190. The summed E-state index contributed by atoms with van der Waals surface area (Å²) < 4.78 is 43.2. The fourth-order valence-corrected chi connectivity index (χ4v) is 3.93. The number of benzene rings is 3. The van der Waals surface area contributed by atoms with Crippen molar-refractivity contribution in [3.63, 3.8) is 0 Å². The van der Waals surface area contributed by atoms with Gasteiger partial charge in [0.05, 0.1) is 0 Å². The molecular formula is C25H24FNO4S. The van der Waals surface area contributed by atoms with Crippen LogP contribution in [-0.2, 0) is 21.5 Å². The molecule has 3 aromatic rings. The van der Waals surface area contributed by atoms with Gasteiger partial charge in [-0.1, -0.05) is 42.5 Å². The molecule has 0 aliphatic carbocycles. The van der Waals surface area contributed by atoms with Gasteiger partial charge in [0.2, 0.25) is 5.91 Å². The molecular weight excluding hydrogens is 429 g/mol. The van der Waals surface area contributed by atoms with Crippen LogP contribution in [0.5, 0.6) is 5.75 Å². The zero-order valence-electron chi connectivity index (χ0n) is 17.8. The minimum absolute atomic E-state index is 0.0737. The van der Waals surface area contributed by atoms with E-state index < -0.39 is 15.9 Å². The standard InChI is InChI=1S/C25H24FNO4S/c1-19(2)27(25(28)16-11-20-7-4-3-5-8-20)18-21-9-6-10-23(17-21)31-32(29,30)24-14-12-22(26)13-15-24/h3-17,19H,18H2,1-2H3. The molecule has 0 saturated carbocycles. The molecule has 0 bridgehead atoms. The molecule has 0 aromatic heterocycles. The van der Waals surface area contributed by atoms with Crippen molar-refractivity contribution in [3.05, 3.63) is 102 Å². The van der Waals surface area contributed by atoms with Gasteiger partial charge < -0.3 is 9.08 Å². The maximum absolute atomic E-state index is 13.1. The van der Waals surface area contributed by atoms with Gasteiger partial charge in [-0.25, -0.2) is 4.39 Å². The zero-order chi connectivity index (χ0) is 23.1. The number of halogens is 1. The first-order valence-corrected chi connectivity index (χ1v) is 11.5. The molecule has 7 heteroatoms. The second-order valence-corrected chi connectivity index (χ2v) is 8.99. The fourth-order valence-electron chi connectivity index (χ4n) is 3.01. The molecule has 0 radical (unpaired) electrons. The molecule has 0 spiro atoms. The van der Waals surface area contributed by atoms with Gasteiger partial charge >= 0.3 is 10.1 Å². The van der Waals surface area contributed by atoms with Crippen LogP contribution in [0.3, 0.4) is 0 Å². The molecule has 3 rings (SSSR count). The van der Waals surface area contributed by atoms with Gasteiger partial charge in [-0.2, -0.15) is 8.42 Å². The van der Waals surface area contributed by atoms with E-state index in [2.05, 4.69) is 0 Å². The average molecular weight is 454 g/mol. The molecule has 0 aliphatic heterocycles. The normalized spacial score (nSPS) is 11.6. The highest BCUT2D eigenvalue weighted by atomic mass is 32.2. The first kappa shape index (κ1) is 23.2. The van der Waals surface area contributed by atoms with Crippen LogP contribution in [0.2, 0.25) is 0 Å². The van der Waals surface area contributed by atoms with Gasteiger partial charge in [0, 0.05) is 18.7 Å². The fraction of sp³-hybridized carbons (Fsp3) is 0.160. The maximum atomic E-state index is 13.1. The highest BCUT2D eigenvalue weighted by molar-refractivity contribution is 7.87. The Morgan fingerprint density at radius 2 is 1.69 bits per heavy atom. The molecule has 0 fully saturated rings. The van der Waals surface area contributed by atoms with Gasteiger partial charge in [0.1, 0.15) is 16.5 Å². The van der Waals surface area contributed by atoms with E-state index in [1.54, 1.807) is 29.2 Å². The summed E-state index contributed by atoms with van der Waals surface area (Å²) in [6, 6.07) is 20.4. The first-order valence-electron chi connectivity index (χ1n) is 10.1. The van der Waals surface area contributed by atoms with Crippen LogP contribution in [0.15, 0.2) is 89.8 Å². The van der Waals surface area contributed by atoms with Crippen molar-refractivity contribution >= 4 is 22.1 Å². The summed E-state index contributed by atoms with van der Waals surface area (Å²) in [5.41, 5.74) is 1.64. The third kappa shape index (κ3) is 6.28. The van der Waals surface area contributed by atoms with Crippen molar-refractivity contribution in [2.24, 2.45) is 0 Å². The summed E-state index contributed by atoms with van der Waals surface area (Å²) >= 11 is 0. The van der Waals surface area contributed by atoms with Crippen molar-refractivity contribution < 1.29 is 21.8 Å². The predicted molar refractivity (Wildman–Crippen MR) is 122 cm³/mol. The molecule has 1 amide bonds. The molecule has 0 saturated heterocycles. The summed E-state index contributed by atoms with van der Waals surface area (Å²) in [5.74, 6) is -0.581.